The topological polar surface area (TPSA) is 81.1 Å². The predicted molar refractivity (Wildman–Crippen MR) is 113 cm³/mol. The zero-order valence-electron chi connectivity index (χ0n) is 17.4. The van der Waals surface area contributed by atoms with E-state index in [4.69, 9.17) is 4.74 Å². The van der Waals surface area contributed by atoms with E-state index in [0.29, 0.717) is 47.4 Å². The van der Waals surface area contributed by atoms with Crippen LogP contribution in [-0.2, 0) is 17.4 Å². The van der Waals surface area contributed by atoms with Gasteiger partial charge < -0.3 is 9.64 Å². The molecule has 11 heteroatoms. The maximum Gasteiger partial charge on any atom is 0.417 e. The van der Waals surface area contributed by atoms with Crippen molar-refractivity contribution >= 4 is 23.1 Å². The van der Waals surface area contributed by atoms with Crippen LogP contribution in [0.15, 0.2) is 30.6 Å². The van der Waals surface area contributed by atoms with E-state index in [9.17, 15) is 18.0 Å². The standard InChI is InChI=1S/C21H20F3N5O2S/c1-12(2)31-14-5-6-15(26-11-14)20-27-18(32-28-20)9-16-17(29-7-3-4-19(29)30)8-13(10-25-16)21(22,23)24/h5-6,8,10-12H,3-4,7,9H2,1-2H3. The van der Waals surface area contributed by atoms with Crippen LogP contribution in [0.1, 0.15) is 43.0 Å². The van der Waals surface area contributed by atoms with Gasteiger partial charge in [-0.05, 0) is 50.0 Å². The first-order valence-electron chi connectivity index (χ1n) is 10.0. The lowest BCUT2D eigenvalue weighted by molar-refractivity contribution is -0.137. The van der Waals surface area contributed by atoms with Gasteiger partial charge in [0.05, 0.1) is 29.2 Å². The van der Waals surface area contributed by atoms with Crippen LogP contribution in [0.3, 0.4) is 0 Å². The molecule has 0 aliphatic carbocycles. The number of halogens is 3. The highest BCUT2D eigenvalue weighted by Crippen LogP contribution is 2.34. The second-order valence-corrected chi connectivity index (χ2v) is 8.41. The fourth-order valence-corrected chi connectivity index (χ4v) is 3.99. The van der Waals surface area contributed by atoms with Gasteiger partial charge in [-0.15, -0.1) is 0 Å². The maximum absolute atomic E-state index is 13.2. The molecule has 7 nitrogen and oxygen atoms in total. The van der Waals surface area contributed by atoms with Crippen molar-refractivity contribution < 1.29 is 22.7 Å². The van der Waals surface area contributed by atoms with Gasteiger partial charge >= 0.3 is 6.18 Å². The predicted octanol–water partition coefficient (Wildman–Crippen LogP) is 4.52. The lowest BCUT2D eigenvalue weighted by atomic mass is 10.1. The Morgan fingerprint density at radius 2 is 2.03 bits per heavy atom. The van der Waals surface area contributed by atoms with Crippen molar-refractivity contribution in [2.24, 2.45) is 0 Å². The number of carbonyl (C=O) groups is 1. The molecule has 1 aliphatic rings. The summed E-state index contributed by atoms with van der Waals surface area (Å²) in [5, 5.41) is 0.560. The number of rotatable bonds is 6. The summed E-state index contributed by atoms with van der Waals surface area (Å²) < 4.78 is 49.5. The molecule has 4 rings (SSSR count). The summed E-state index contributed by atoms with van der Waals surface area (Å²) in [5.41, 5.74) is 0.192. The molecule has 0 aromatic carbocycles. The van der Waals surface area contributed by atoms with E-state index in [-0.39, 0.29) is 24.1 Å². The van der Waals surface area contributed by atoms with Crippen LogP contribution in [-0.4, -0.2) is 37.9 Å². The molecule has 3 aromatic heterocycles. The molecule has 0 saturated carbocycles. The van der Waals surface area contributed by atoms with Gasteiger partial charge in [0, 0.05) is 25.6 Å². The lowest BCUT2D eigenvalue weighted by Gasteiger charge is -2.20. The number of amides is 1. The highest BCUT2D eigenvalue weighted by atomic mass is 32.1. The molecule has 4 heterocycles. The van der Waals surface area contributed by atoms with Crippen molar-refractivity contribution in [2.75, 3.05) is 11.4 Å². The molecule has 1 fully saturated rings. The third-order valence-electron chi connectivity index (χ3n) is 4.76. The number of ether oxygens (including phenoxy) is 1. The van der Waals surface area contributed by atoms with Crippen LogP contribution >= 0.6 is 11.5 Å². The molecule has 3 aromatic rings. The van der Waals surface area contributed by atoms with Crippen molar-refractivity contribution in [3.63, 3.8) is 0 Å². The molecule has 1 saturated heterocycles. The maximum atomic E-state index is 13.2. The molecular formula is C21H20F3N5O2S. The van der Waals surface area contributed by atoms with Gasteiger partial charge in [0.2, 0.25) is 5.91 Å². The molecule has 0 unspecified atom stereocenters. The first-order valence-corrected chi connectivity index (χ1v) is 10.8. The minimum absolute atomic E-state index is 0.0274. The summed E-state index contributed by atoms with van der Waals surface area (Å²) in [5.74, 6) is 0.832. The van der Waals surface area contributed by atoms with Gasteiger partial charge in [-0.2, -0.15) is 17.5 Å². The smallest absolute Gasteiger partial charge is 0.417 e. The fourth-order valence-electron chi connectivity index (χ4n) is 3.34. The van der Waals surface area contributed by atoms with Gasteiger partial charge in [-0.3, -0.25) is 9.78 Å². The Bertz CT molecular complexity index is 1120. The van der Waals surface area contributed by atoms with Crippen LogP contribution in [0.25, 0.3) is 11.5 Å². The summed E-state index contributed by atoms with van der Waals surface area (Å²) in [6.07, 6.45) is -1.08. The molecule has 168 valence electrons. The molecule has 32 heavy (non-hydrogen) atoms. The van der Waals surface area contributed by atoms with Crippen LogP contribution in [0.5, 0.6) is 5.75 Å². The lowest BCUT2D eigenvalue weighted by Crippen LogP contribution is -2.26. The van der Waals surface area contributed by atoms with Crippen LogP contribution in [0.4, 0.5) is 18.9 Å². The Balaban J connectivity index is 1.59. The highest BCUT2D eigenvalue weighted by molar-refractivity contribution is 7.05. The quantitative estimate of drug-likeness (QED) is 0.535. The largest absolute Gasteiger partial charge is 0.489 e. The van der Waals surface area contributed by atoms with Crippen molar-refractivity contribution in [1.82, 2.24) is 19.3 Å². The van der Waals surface area contributed by atoms with E-state index < -0.39 is 11.7 Å². The number of nitrogens with zero attached hydrogens (tertiary/aromatic N) is 5. The van der Waals surface area contributed by atoms with Crippen LogP contribution in [0, 0.1) is 0 Å². The zero-order valence-corrected chi connectivity index (χ0v) is 18.2. The van der Waals surface area contributed by atoms with E-state index in [0.717, 1.165) is 23.8 Å². The average Bonchev–Trinajstić information content (AvgIpc) is 3.37. The summed E-state index contributed by atoms with van der Waals surface area (Å²) in [6.45, 7) is 4.20. The molecule has 0 bridgehead atoms. The number of carbonyl (C=O) groups excluding carboxylic acids is 1. The van der Waals surface area contributed by atoms with Crippen LogP contribution in [0.2, 0.25) is 0 Å². The molecule has 1 amide bonds. The number of alkyl halides is 3. The number of aromatic nitrogens is 4. The third-order valence-corrected chi connectivity index (χ3v) is 5.47. The SMILES string of the molecule is CC(C)Oc1ccc(-c2nsc(Cc3ncc(C(F)(F)F)cc3N3CCCC3=O)n2)nc1. The highest BCUT2D eigenvalue weighted by Gasteiger charge is 2.34. The second kappa shape index (κ2) is 8.81. The number of pyridine rings is 2. The normalized spacial score (nSPS) is 14.4. The number of hydrogen-bond donors (Lipinski definition) is 0. The molecule has 0 spiro atoms. The summed E-state index contributed by atoms with van der Waals surface area (Å²) >= 11 is 1.12. The summed E-state index contributed by atoms with van der Waals surface area (Å²) in [6, 6.07) is 4.51. The molecular weight excluding hydrogens is 443 g/mol. The van der Waals surface area contributed by atoms with Crippen molar-refractivity contribution in [1.29, 1.82) is 0 Å². The molecule has 0 radical (unpaired) electrons. The molecule has 1 aliphatic heterocycles. The Morgan fingerprint density at radius 1 is 1.22 bits per heavy atom. The van der Waals surface area contributed by atoms with Gasteiger partial charge in [-0.25, -0.2) is 9.97 Å². The minimum atomic E-state index is -4.55. The molecule has 0 atom stereocenters. The average molecular weight is 463 g/mol. The van der Waals surface area contributed by atoms with E-state index in [2.05, 4.69) is 19.3 Å². The summed E-state index contributed by atoms with van der Waals surface area (Å²) in [4.78, 5) is 26.4. The monoisotopic (exact) mass is 463 g/mol. The zero-order chi connectivity index (χ0) is 22.9. The minimum Gasteiger partial charge on any atom is -0.489 e. The van der Waals surface area contributed by atoms with Crippen molar-refractivity contribution in [2.45, 2.75) is 45.4 Å². The Morgan fingerprint density at radius 3 is 2.66 bits per heavy atom. The Kier molecular flexibility index (Phi) is 6.09. The fraction of sp³-hybridized carbons (Fsp3) is 0.381. The Hall–Kier alpha value is -3.08. The molecule has 0 N–H and O–H groups in total. The first-order chi connectivity index (χ1) is 15.2. The van der Waals surface area contributed by atoms with E-state index in [1.807, 2.05) is 13.8 Å². The first kappa shape index (κ1) is 22.1. The summed E-state index contributed by atoms with van der Waals surface area (Å²) in [7, 11) is 0. The van der Waals surface area contributed by atoms with Gasteiger partial charge in [0.25, 0.3) is 0 Å². The number of anilines is 1. The van der Waals surface area contributed by atoms with Crippen LogP contribution < -0.4 is 9.64 Å². The number of hydrogen-bond acceptors (Lipinski definition) is 7. The van der Waals surface area contributed by atoms with E-state index >= 15 is 0 Å². The van der Waals surface area contributed by atoms with Gasteiger partial charge in [-0.1, -0.05) is 0 Å². The van der Waals surface area contributed by atoms with Crippen molar-refractivity contribution in [3.8, 4) is 17.3 Å². The van der Waals surface area contributed by atoms with E-state index in [1.165, 1.54) is 4.90 Å². The third kappa shape index (κ3) is 4.87. The van der Waals surface area contributed by atoms with E-state index in [1.54, 1.807) is 18.3 Å². The van der Waals surface area contributed by atoms with Crippen molar-refractivity contribution in [3.05, 3.63) is 46.9 Å². The Labute approximate surface area is 186 Å². The van der Waals surface area contributed by atoms with Gasteiger partial charge in [0.1, 0.15) is 16.5 Å². The second-order valence-electron chi connectivity index (χ2n) is 7.57. The van der Waals surface area contributed by atoms with Gasteiger partial charge in [0.15, 0.2) is 5.82 Å².